The molecular formula is C14H8Br2N2S4. The zero-order valence-corrected chi connectivity index (χ0v) is 17.9. The van der Waals surface area contributed by atoms with Crippen molar-refractivity contribution in [3.63, 3.8) is 0 Å². The molecule has 0 atom stereocenters. The molecule has 3 aromatic heterocycles. The van der Waals surface area contributed by atoms with Crippen LogP contribution in [0.1, 0.15) is 11.1 Å². The van der Waals surface area contributed by atoms with Crippen LogP contribution in [0.4, 0.5) is 11.4 Å². The van der Waals surface area contributed by atoms with E-state index in [0.717, 1.165) is 11.4 Å². The van der Waals surface area contributed by atoms with Crippen LogP contribution in [0.2, 0.25) is 0 Å². The first-order valence-corrected chi connectivity index (χ1v) is 11.1. The van der Waals surface area contributed by atoms with Gasteiger partial charge in [0.2, 0.25) is 0 Å². The fourth-order valence-corrected chi connectivity index (χ4v) is 7.29. The fourth-order valence-electron chi connectivity index (χ4n) is 2.16. The average molecular weight is 492 g/mol. The van der Waals surface area contributed by atoms with Gasteiger partial charge in [0.1, 0.15) is 11.4 Å². The first kappa shape index (κ1) is 15.4. The van der Waals surface area contributed by atoms with Crippen molar-refractivity contribution in [1.82, 2.24) is 0 Å². The summed E-state index contributed by atoms with van der Waals surface area (Å²) >= 11 is 13.8. The third kappa shape index (κ3) is 2.44. The Morgan fingerprint density at radius 1 is 0.773 bits per heavy atom. The second-order valence-electron chi connectivity index (χ2n) is 4.86. The first-order valence-electron chi connectivity index (χ1n) is 6.32. The molecule has 1 aliphatic rings. The summed E-state index contributed by atoms with van der Waals surface area (Å²) < 4.78 is 11.4. The first-order chi connectivity index (χ1) is 10.5. The molecule has 2 nitrogen and oxygen atoms in total. The molecule has 0 amide bonds. The minimum Gasteiger partial charge on any atom is -0.171 e. The molecule has 0 saturated carbocycles. The molecule has 4 rings (SSSR count). The Labute approximate surface area is 160 Å². The molecule has 0 saturated heterocycles. The highest BCUT2D eigenvalue weighted by molar-refractivity contribution is 9.11. The standard InChI is InChI=1S/C14H8Br2N2S4/c1-5-3-7(19-13(5)15)11-9-10(18-22-17-9)12(21-11)8-4-6(2)14(16)20-8/h3-4H,1-2H3. The van der Waals surface area contributed by atoms with Crippen molar-refractivity contribution < 1.29 is 0 Å². The number of hydrogen-bond acceptors (Lipinski definition) is 5. The van der Waals surface area contributed by atoms with Crippen LogP contribution in [0.5, 0.6) is 0 Å². The molecule has 112 valence electrons. The summed E-state index contributed by atoms with van der Waals surface area (Å²) in [5.74, 6) is 0. The maximum absolute atomic E-state index is 4.53. The normalized spacial score (nSPS) is 12.7. The summed E-state index contributed by atoms with van der Waals surface area (Å²) in [5, 5.41) is 0. The van der Waals surface area contributed by atoms with Crippen molar-refractivity contribution in [2.45, 2.75) is 13.8 Å². The van der Waals surface area contributed by atoms with E-state index in [2.05, 4.69) is 66.6 Å². The lowest BCUT2D eigenvalue weighted by Crippen LogP contribution is -1.63. The van der Waals surface area contributed by atoms with E-state index in [4.69, 9.17) is 0 Å². The minimum absolute atomic E-state index is 1.03. The lowest BCUT2D eigenvalue weighted by atomic mass is 10.2. The van der Waals surface area contributed by atoms with Gasteiger partial charge in [0.05, 0.1) is 28.7 Å². The number of fused-ring (bicyclic) bond motifs is 1. The highest BCUT2D eigenvalue weighted by Crippen LogP contribution is 2.56. The monoisotopic (exact) mass is 490 g/mol. The second-order valence-corrected chi connectivity index (χ2v) is 11.1. The summed E-state index contributed by atoms with van der Waals surface area (Å²) in [6, 6.07) is 4.44. The van der Waals surface area contributed by atoms with Crippen LogP contribution in [0.3, 0.4) is 0 Å². The predicted molar refractivity (Wildman–Crippen MR) is 107 cm³/mol. The van der Waals surface area contributed by atoms with Crippen molar-refractivity contribution in [3.05, 3.63) is 30.8 Å². The van der Waals surface area contributed by atoms with Gasteiger partial charge in [-0.15, -0.1) is 34.0 Å². The maximum atomic E-state index is 4.53. The van der Waals surface area contributed by atoms with E-state index >= 15 is 0 Å². The Morgan fingerprint density at radius 3 is 1.59 bits per heavy atom. The maximum Gasteiger partial charge on any atom is 0.124 e. The van der Waals surface area contributed by atoms with E-state index < -0.39 is 0 Å². The Morgan fingerprint density at radius 2 is 1.23 bits per heavy atom. The minimum atomic E-state index is 1.03. The van der Waals surface area contributed by atoms with Crippen molar-refractivity contribution in [1.29, 1.82) is 0 Å². The van der Waals surface area contributed by atoms with Gasteiger partial charge < -0.3 is 0 Å². The van der Waals surface area contributed by atoms with Crippen LogP contribution in [0.15, 0.2) is 28.4 Å². The molecule has 0 unspecified atom stereocenters. The highest BCUT2D eigenvalue weighted by atomic mass is 79.9. The van der Waals surface area contributed by atoms with Gasteiger partial charge in [-0.05, 0) is 69.0 Å². The van der Waals surface area contributed by atoms with Crippen LogP contribution >= 0.6 is 65.9 Å². The van der Waals surface area contributed by atoms with Crippen LogP contribution < -0.4 is 0 Å². The van der Waals surface area contributed by atoms with Gasteiger partial charge in [0.15, 0.2) is 0 Å². The Bertz CT molecular complexity index is 862. The SMILES string of the molecule is Cc1cc(-c2sc(-c3cc(C)c(Br)s3)c3c2N=S=N3)sc1Br. The number of rotatable bonds is 2. The van der Waals surface area contributed by atoms with E-state index in [9.17, 15) is 0 Å². The Kier molecular flexibility index (Phi) is 4.03. The van der Waals surface area contributed by atoms with Gasteiger partial charge in [0.25, 0.3) is 0 Å². The smallest absolute Gasteiger partial charge is 0.124 e. The van der Waals surface area contributed by atoms with Gasteiger partial charge >= 0.3 is 0 Å². The quantitative estimate of drug-likeness (QED) is 0.270. The van der Waals surface area contributed by atoms with E-state index in [0.29, 0.717) is 0 Å². The highest BCUT2D eigenvalue weighted by Gasteiger charge is 2.25. The molecule has 1 aliphatic heterocycles. The summed E-state index contributed by atoms with van der Waals surface area (Å²) in [4.78, 5) is 4.95. The molecule has 0 fully saturated rings. The van der Waals surface area contributed by atoms with Crippen molar-refractivity contribution >= 4 is 88.6 Å². The average Bonchev–Trinajstić information content (AvgIpc) is 3.18. The van der Waals surface area contributed by atoms with Crippen LogP contribution in [-0.2, 0) is 11.4 Å². The number of hydrogen-bond donors (Lipinski definition) is 0. The number of thiophene rings is 3. The van der Waals surface area contributed by atoms with Crippen LogP contribution in [0, 0.1) is 13.8 Å². The summed E-state index contributed by atoms with van der Waals surface area (Å²) in [7, 11) is 0. The van der Waals surface area contributed by atoms with Crippen LogP contribution in [-0.4, -0.2) is 0 Å². The zero-order chi connectivity index (χ0) is 15.4. The van der Waals surface area contributed by atoms with Gasteiger partial charge in [0, 0.05) is 9.75 Å². The van der Waals surface area contributed by atoms with Gasteiger partial charge in [-0.3, -0.25) is 0 Å². The molecule has 4 heterocycles. The molecule has 3 aromatic rings. The van der Waals surface area contributed by atoms with E-state index in [1.807, 2.05) is 0 Å². The van der Waals surface area contributed by atoms with Crippen molar-refractivity contribution in [2.75, 3.05) is 0 Å². The Hall–Kier alpha value is -0.120. The Balaban J connectivity index is 1.92. The van der Waals surface area contributed by atoms with E-state index in [1.54, 1.807) is 34.0 Å². The molecular weight excluding hydrogens is 484 g/mol. The summed E-state index contributed by atoms with van der Waals surface area (Å²) in [6.07, 6.45) is 0. The molecule has 0 aromatic carbocycles. The van der Waals surface area contributed by atoms with Gasteiger partial charge in [-0.2, -0.15) is 8.73 Å². The third-order valence-electron chi connectivity index (χ3n) is 3.28. The molecule has 0 N–H and O–H groups in total. The molecule has 8 heteroatoms. The lowest BCUT2D eigenvalue weighted by molar-refractivity contribution is 1.53. The topological polar surface area (TPSA) is 24.7 Å². The fraction of sp³-hybridized carbons (Fsp3) is 0.143. The third-order valence-corrected chi connectivity index (χ3v) is 9.61. The number of nitrogens with zero attached hydrogens (tertiary/aromatic N) is 2. The van der Waals surface area contributed by atoms with Gasteiger partial charge in [-0.1, -0.05) is 0 Å². The molecule has 22 heavy (non-hydrogen) atoms. The predicted octanol–water partition coefficient (Wildman–Crippen LogP) is 8.07. The molecule has 0 spiro atoms. The zero-order valence-electron chi connectivity index (χ0n) is 11.4. The van der Waals surface area contributed by atoms with E-state index in [-0.39, 0.29) is 0 Å². The molecule has 0 bridgehead atoms. The molecule has 0 aliphatic carbocycles. The summed E-state index contributed by atoms with van der Waals surface area (Å²) in [5.41, 5.74) is 4.59. The summed E-state index contributed by atoms with van der Waals surface area (Å²) in [6.45, 7) is 4.24. The second kappa shape index (κ2) is 5.75. The van der Waals surface area contributed by atoms with Crippen molar-refractivity contribution in [2.24, 2.45) is 8.73 Å². The molecule has 0 radical (unpaired) electrons. The van der Waals surface area contributed by atoms with Crippen LogP contribution in [0.25, 0.3) is 19.5 Å². The lowest BCUT2D eigenvalue weighted by Gasteiger charge is -1.91. The largest absolute Gasteiger partial charge is 0.171 e. The number of aryl methyl sites for hydroxylation is 2. The van der Waals surface area contributed by atoms with Crippen molar-refractivity contribution in [3.8, 4) is 19.5 Å². The van der Waals surface area contributed by atoms with Gasteiger partial charge in [-0.25, -0.2) is 0 Å². The number of halogens is 2. The van der Waals surface area contributed by atoms with E-state index in [1.165, 1.54) is 49.6 Å².